The SMILES string of the molecule is CC.CCC.CCCc1cccc(NC(=O)OC)c1C=O.[HH]. The number of rotatable bonds is 4. The van der Waals surface area contributed by atoms with Gasteiger partial charge >= 0.3 is 6.09 Å². The summed E-state index contributed by atoms with van der Waals surface area (Å²) in [5.41, 5.74) is 1.95. The predicted octanol–water partition coefficient (Wildman–Crippen LogP) is 5.32. The number of carbonyl (C=O) groups is 2. The number of amides is 1. The van der Waals surface area contributed by atoms with Crippen LogP contribution < -0.4 is 5.32 Å². The fourth-order valence-electron chi connectivity index (χ4n) is 1.51. The maximum atomic E-state index is 11.1. The molecule has 1 rings (SSSR count). The van der Waals surface area contributed by atoms with Gasteiger partial charge in [-0.3, -0.25) is 10.1 Å². The number of nitrogens with one attached hydrogen (secondary N) is 1. The lowest BCUT2D eigenvalue weighted by Gasteiger charge is -2.10. The summed E-state index contributed by atoms with van der Waals surface area (Å²) in [5, 5.41) is 2.52. The minimum absolute atomic E-state index is 0. The number of aldehydes is 1. The number of ether oxygens (including phenoxy) is 1. The van der Waals surface area contributed by atoms with Crippen LogP contribution in [0, 0.1) is 0 Å². The molecule has 122 valence electrons. The molecule has 0 fully saturated rings. The number of hydrogen-bond donors (Lipinski definition) is 1. The molecule has 1 aromatic carbocycles. The van der Waals surface area contributed by atoms with Gasteiger partial charge in [0.05, 0.1) is 12.8 Å². The molecule has 0 radical (unpaired) electrons. The van der Waals surface area contributed by atoms with Crippen molar-refractivity contribution in [3.63, 3.8) is 0 Å². The Kier molecular flexibility index (Phi) is 14.9. The Labute approximate surface area is 130 Å². The van der Waals surface area contributed by atoms with E-state index in [2.05, 4.69) is 23.9 Å². The van der Waals surface area contributed by atoms with E-state index in [1.54, 1.807) is 6.07 Å². The molecule has 0 bridgehead atoms. The van der Waals surface area contributed by atoms with E-state index in [4.69, 9.17) is 0 Å². The van der Waals surface area contributed by atoms with Gasteiger partial charge in [0.2, 0.25) is 0 Å². The van der Waals surface area contributed by atoms with E-state index >= 15 is 0 Å². The van der Waals surface area contributed by atoms with Gasteiger partial charge in [-0.15, -0.1) is 0 Å². The smallest absolute Gasteiger partial charge is 0.411 e. The molecule has 0 aliphatic rings. The maximum Gasteiger partial charge on any atom is 0.411 e. The molecule has 0 atom stereocenters. The summed E-state index contributed by atoms with van der Waals surface area (Å²) in [5.74, 6) is 0. The van der Waals surface area contributed by atoms with Crippen LogP contribution in [0.1, 0.15) is 64.8 Å². The van der Waals surface area contributed by atoms with Crippen molar-refractivity contribution in [2.24, 2.45) is 0 Å². The minimum Gasteiger partial charge on any atom is -0.453 e. The molecule has 0 saturated carbocycles. The number of aryl methyl sites for hydroxylation is 1. The van der Waals surface area contributed by atoms with E-state index in [9.17, 15) is 9.59 Å². The second-order valence-corrected chi connectivity index (χ2v) is 4.07. The van der Waals surface area contributed by atoms with Crippen LogP contribution in [0.15, 0.2) is 18.2 Å². The van der Waals surface area contributed by atoms with Gasteiger partial charge in [-0.1, -0.05) is 59.6 Å². The molecule has 1 aromatic rings. The standard InChI is InChI=1S/C12H15NO3.C3H8.C2H6.H2/c1-3-5-9-6-4-7-11(10(9)8-14)13-12(15)16-2;1-3-2;1-2;/h4,6-8H,3,5H2,1-2H3,(H,13,15);3H2,1-2H3;1-2H3;1H. The van der Waals surface area contributed by atoms with Crippen LogP contribution in [-0.2, 0) is 11.2 Å². The van der Waals surface area contributed by atoms with Gasteiger partial charge in [0.15, 0.2) is 6.29 Å². The molecule has 0 spiro atoms. The van der Waals surface area contributed by atoms with Crippen molar-refractivity contribution in [1.29, 1.82) is 0 Å². The highest BCUT2D eigenvalue weighted by Crippen LogP contribution is 2.19. The van der Waals surface area contributed by atoms with Crippen molar-refractivity contribution in [2.45, 2.75) is 53.9 Å². The number of anilines is 1. The third kappa shape index (κ3) is 8.84. The zero-order chi connectivity index (χ0) is 16.7. The quantitative estimate of drug-likeness (QED) is 0.765. The molecular weight excluding hydrogens is 266 g/mol. The molecule has 0 aromatic heterocycles. The van der Waals surface area contributed by atoms with Crippen molar-refractivity contribution in [3.8, 4) is 0 Å². The van der Waals surface area contributed by atoms with Crippen LogP contribution in [-0.4, -0.2) is 19.5 Å². The Morgan fingerprint density at radius 1 is 1.29 bits per heavy atom. The van der Waals surface area contributed by atoms with Crippen molar-refractivity contribution in [2.75, 3.05) is 12.4 Å². The highest BCUT2D eigenvalue weighted by atomic mass is 16.5. The Morgan fingerprint density at radius 3 is 2.29 bits per heavy atom. The fraction of sp³-hybridized carbons (Fsp3) is 0.529. The first-order chi connectivity index (χ1) is 10.1. The molecular formula is C17H31NO3. The van der Waals surface area contributed by atoms with Crippen molar-refractivity contribution in [3.05, 3.63) is 29.3 Å². The highest BCUT2D eigenvalue weighted by molar-refractivity contribution is 5.94. The summed E-state index contributed by atoms with van der Waals surface area (Å²) in [6.07, 6.45) is 3.19. The molecule has 0 heterocycles. The second kappa shape index (κ2) is 14.6. The first-order valence-corrected chi connectivity index (χ1v) is 7.56. The molecule has 21 heavy (non-hydrogen) atoms. The molecule has 0 aliphatic heterocycles. The van der Waals surface area contributed by atoms with Crippen LogP contribution in [0.4, 0.5) is 10.5 Å². The van der Waals surface area contributed by atoms with Crippen molar-refractivity contribution < 1.29 is 15.8 Å². The van der Waals surface area contributed by atoms with Gasteiger partial charge in [0.1, 0.15) is 0 Å². The van der Waals surface area contributed by atoms with E-state index in [0.29, 0.717) is 11.3 Å². The van der Waals surface area contributed by atoms with Crippen LogP contribution >= 0.6 is 0 Å². The third-order valence-corrected chi connectivity index (χ3v) is 2.26. The molecule has 0 aliphatic carbocycles. The summed E-state index contributed by atoms with van der Waals surface area (Å²) in [7, 11) is 1.28. The zero-order valence-electron chi connectivity index (χ0n) is 14.2. The lowest BCUT2D eigenvalue weighted by atomic mass is 10.0. The summed E-state index contributed by atoms with van der Waals surface area (Å²) < 4.78 is 4.49. The largest absolute Gasteiger partial charge is 0.453 e. The summed E-state index contributed by atoms with van der Waals surface area (Å²) in [4.78, 5) is 22.1. The monoisotopic (exact) mass is 297 g/mol. The van der Waals surface area contributed by atoms with Gasteiger partial charge in [-0.25, -0.2) is 4.79 Å². The van der Waals surface area contributed by atoms with Crippen LogP contribution in [0.25, 0.3) is 0 Å². The number of hydrogen-bond acceptors (Lipinski definition) is 3. The van der Waals surface area contributed by atoms with E-state index < -0.39 is 6.09 Å². The molecule has 1 N–H and O–H groups in total. The summed E-state index contributed by atoms with van der Waals surface area (Å²) >= 11 is 0. The van der Waals surface area contributed by atoms with E-state index in [0.717, 1.165) is 24.7 Å². The predicted molar refractivity (Wildman–Crippen MR) is 91.3 cm³/mol. The number of benzene rings is 1. The third-order valence-electron chi connectivity index (χ3n) is 2.26. The Balaban J connectivity index is -0.000000536. The van der Waals surface area contributed by atoms with Gasteiger partial charge in [0.25, 0.3) is 0 Å². The van der Waals surface area contributed by atoms with Gasteiger partial charge in [0, 0.05) is 6.99 Å². The Bertz CT molecular complexity index is 409. The highest BCUT2D eigenvalue weighted by Gasteiger charge is 2.09. The van der Waals surface area contributed by atoms with Crippen molar-refractivity contribution >= 4 is 18.1 Å². The first-order valence-electron chi connectivity index (χ1n) is 7.56. The van der Waals surface area contributed by atoms with Gasteiger partial charge < -0.3 is 4.74 Å². The van der Waals surface area contributed by atoms with E-state index in [1.807, 2.05) is 32.9 Å². The topological polar surface area (TPSA) is 55.4 Å². The zero-order valence-corrected chi connectivity index (χ0v) is 14.2. The van der Waals surface area contributed by atoms with E-state index in [-0.39, 0.29) is 1.43 Å². The maximum absolute atomic E-state index is 11.1. The average molecular weight is 297 g/mol. The lowest BCUT2D eigenvalue weighted by molar-refractivity contribution is 0.112. The van der Waals surface area contributed by atoms with Gasteiger partial charge in [-0.2, -0.15) is 0 Å². The van der Waals surface area contributed by atoms with Crippen LogP contribution in [0.2, 0.25) is 0 Å². The number of methoxy groups -OCH3 is 1. The van der Waals surface area contributed by atoms with Crippen molar-refractivity contribution in [1.82, 2.24) is 0 Å². The normalized spacial score (nSPS) is 8.48. The second-order valence-electron chi connectivity index (χ2n) is 4.07. The van der Waals surface area contributed by atoms with Crippen LogP contribution in [0.3, 0.4) is 0 Å². The molecule has 4 nitrogen and oxygen atoms in total. The average Bonchev–Trinajstić information content (AvgIpc) is 2.50. The Hall–Kier alpha value is -1.84. The summed E-state index contributed by atoms with van der Waals surface area (Å²) in [6, 6.07) is 5.37. The minimum atomic E-state index is -0.572. The molecule has 0 unspecified atom stereocenters. The van der Waals surface area contributed by atoms with E-state index in [1.165, 1.54) is 13.5 Å². The first kappa shape index (κ1) is 21.5. The molecule has 0 saturated heterocycles. The molecule has 4 heteroatoms. The molecule has 1 amide bonds. The summed E-state index contributed by atoms with van der Waals surface area (Å²) in [6.45, 7) is 10.3. The Morgan fingerprint density at radius 2 is 1.86 bits per heavy atom. The fourth-order valence-corrected chi connectivity index (χ4v) is 1.51. The number of carbonyl (C=O) groups excluding carboxylic acids is 2. The lowest BCUT2D eigenvalue weighted by Crippen LogP contribution is -2.13. The van der Waals surface area contributed by atoms with Crippen LogP contribution in [0.5, 0.6) is 0 Å². The van der Waals surface area contributed by atoms with Gasteiger partial charge in [-0.05, 0) is 18.1 Å².